The Morgan fingerprint density at radius 1 is 1.14 bits per heavy atom. The van der Waals surface area contributed by atoms with E-state index in [4.69, 9.17) is 0 Å². The topological polar surface area (TPSA) is 64.0 Å². The van der Waals surface area contributed by atoms with Crippen LogP contribution in [0.4, 0.5) is 8.78 Å². The maximum Gasteiger partial charge on any atom is 0.280 e. The summed E-state index contributed by atoms with van der Waals surface area (Å²) in [5.74, 6) is -0.342. The zero-order valence-electron chi connectivity index (χ0n) is 15.1. The lowest BCUT2D eigenvalue weighted by atomic mass is 10.1. The number of hydrogen-bond acceptors (Lipinski definition) is 3. The summed E-state index contributed by atoms with van der Waals surface area (Å²) in [5, 5.41) is 0.242. The van der Waals surface area contributed by atoms with Gasteiger partial charge in [0.15, 0.2) is 0 Å². The number of fused-ring (bicyclic) bond motifs is 1. The van der Waals surface area contributed by atoms with Crippen molar-refractivity contribution in [3.8, 4) is 0 Å². The number of rotatable bonds is 6. The van der Waals surface area contributed by atoms with Gasteiger partial charge in [-0.1, -0.05) is 12.1 Å². The summed E-state index contributed by atoms with van der Waals surface area (Å²) in [5.41, 5.74) is 3.17. The number of halogens is 2. The van der Waals surface area contributed by atoms with E-state index in [-0.39, 0.29) is 29.0 Å². The molecule has 3 aromatic rings. The van der Waals surface area contributed by atoms with Crippen molar-refractivity contribution in [2.75, 3.05) is 5.43 Å². The van der Waals surface area contributed by atoms with Crippen LogP contribution in [0.1, 0.15) is 30.7 Å². The highest BCUT2D eigenvalue weighted by Gasteiger charge is 2.25. The molecule has 1 aliphatic carbocycles. The van der Waals surface area contributed by atoms with Gasteiger partial charge in [0.1, 0.15) is 17.5 Å². The van der Waals surface area contributed by atoms with Gasteiger partial charge >= 0.3 is 0 Å². The quantitative estimate of drug-likeness (QED) is 0.710. The van der Waals surface area contributed by atoms with Gasteiger partial charge in [0.25, 0.3) is 5.56 Å². The fraction of sp³-hybridized carbons (Fsp3) is 0.286. The predicted molar refractivity (Wildman–Crippen MR) is 101 cm³/mol. The van der Waals surface area contributed by atoms with Gasteiger partial charge in [-0.25, -0.2) is 18.4 Å². The van der Waals surface area contributed by atoms with E-state index in [2.05, 4.69) is 10.4 Å². The molecule has 0 saturated heterocycles. The number of nitrogens with one attached hydrogen (secondary N) is 1. The van der Waals surface area contributed by atoms with Crippen LogP contribution in [-0.4, -0.2) is 15.6 Å². The van der Waals surface area contributed by atoms with Crippen LogP contribution in [0.2, 0.25) is 0 Å². The molecule has 0 spiro atoms. The third-order valence-corrected chi connectivity index (χ3v) is 4.84. The molecule has 2 aromatic carbocycles. The molecule has 1 fully saturated rings. The number of benzene rings is 2. The van der Waals surface area contributed by atoms with Crippen LogP contribution >= 0.6 is 0 Å². The lowest BCUT2D eigenvalue weighted by Gasteiger charge is -2.14. The lowest BCUT2D eigenvalue weighted by Crippen LogP contribution is -2.36. The molecule has 0 bridgehead atoms. The number of nitrogens with zero attached hydrogens (tertiary/aromatic N) is 2. The summed E-state index contributed by atoms with van der Waals surface area (Å²) in [4.78, 5) is 29.7. The van der Waals surface area contributed by atoms with Gasteiger partial charge in [-0.3, -0.25) is 15.0 Å². The summed E-state index contributed by atoms with van der Waals surface area (Å²) < 4.78 is 28.0. The number of carbonyl (C=O) groups is 1. The van der Waals surface area contributed by atoms with Crippen molar-refractivity contribution >= 4 is 16.8 Å². The maximum absolute atomic E-state index is 13.5. The molecule has 4 rings (SSSR count). The first-order chi connectivity index (χ1) is 13.5. The molecular formula is C21H19F2N3O2. The summed E-state index contributed by atoms with van der Waals surface area (Å²) >= 11 is 0. The molecule has 144 valence electrons. The molecule has 1 aromatic heterocycles. The summed E-state index contributed by atoms with van der Waals surface area (Å²) in [6.07, 6.45) is 3.09. The number of hydrogen-bond donors (Lipinski definition) is 1. The van der Waals surface area contributed by atoms with E-state index in [0.717, 1.165) is 12.8 Å². The Labute approximate surface area is 160 Å². The molecule has 1 aliphatic rings. The van der Waals surface area contributed by atoms with E-state index < -0.39 is 11.4 Å². The second kappa shape index (κ2) is 7.50. The van der Waals surface area contributed by atoms with Crippen LogP contribution in [0.25, 0.3) is 10.9 Å². The average molecular weight is 383 g/mol. The standard InChI is InChI=1S/C21H19F2N3O2/c22-15-3-1-2-13(10-15)6-9-20(27)25-26-19(11-14-4-5-14)24-18-12-16(23)7-8-17(18)21(26)28/h1-3,7-8,10,12,14H,4-6,9,11H2,(H,25,27). The molecule has 7 heteroatoms. The molecule has 1 N–H and O–H groups in total. The number of carbonyl (C=O) groups excluding carboxylic acids is 1. The van der Waals surface area contributed by atoms with E-state index in [1.807, 2.05) is 0 Å². The lowest BCUT2D eigenvalue weighted by molar-refractivity contribution is -0.117. The largest absolute Gasteiger partial charge is 0.280 e. The molecule has 5 nitrogen and oxygen atoms in total. The van der Waals surface area contributed by atoms with E-state index in [9.17, 15) is 18.4 Å². The minimum absolute atomic E-state index is 0.0974. The first kappa shape index (κ1) is 18.3. The number of aryl methyl sites for hydroxylation is 1. The second-order valence-corrected chi connectivity index (χ2v) is 7.14. The Morgan fingerprint density at radius 2 is 1.93 bits per heavy atom. The molecule has 0 atom stereocenters. The van der Waals surface area contributed by atoms with Crippen molar-refractivity contribution in [1.29, 1.82) is 0 Å². The maximum atomic E-state index is 13.5. The van der Waals surface area contributed by atoms with Crippen LogP contribution in [0, 0.1) is 17.6 Å². The molecule has 0 aliphatic heterocycles. The van der Waals surface area contributed by atoms with Crippen molar-refractivity contribution in [2.45, 2.75) is 32.1 Å². The Hall–Kier alpha value is -3.09. The van der Waals surface area contributed by atoms with Crippen LogP contribution in [0.5, 0.6) is 0 Å². The van der Waals surface area contributed by atoms with Crippen molar-refractivity contribution < 1.29 is 13.6 Å². The highest BCUT2D eigenvalue weighted by Crippen LogP contribution is 2.32. The van der Waals surface area contributed by atoms with E-state index in [1.165, 1.54) is 35.0 Å². The highest BCUT2D eigenvalue weighted by molar-refractivity contribution is 5.84. The van der Waals surface area contributed by atoms with Crippen molar-refractivity contribution in [1.82, 2.24) is 9.66 Å². The van der Waals surface area contributed by atoms with Crippen LogP contribution in [0.3, 0.4) is 0 Å². The fourth-order valence-corrected chi connectivity index (χ4v) is 3.17. The second-order valence-electron chi connectivity index (χ2n) is 7.14. The Bertz CT molecular complexity index is 1110. The highest BCUT2D eigenvalue weighted by atomic mass is 19.1. The first-order valence-corrected chi connectivity index (χ1v) is 9.25. The third-order valence-electron chi connectivity index (χ3n) is 4.84. The van der Waals surface area contributed by atoms with Gasteiger partial charge < -0.3 is 0 Å². The fourth-order valence-electron chi connectivity index (χ4n) is 3.17. The van der Waals surface area contributed by atoms with E-state index in [0.29, 0.717) is 30.1 Å². The van der Waals surface area contributed by atoms with E-state index in [1.54, 1.807) is 12.1 Å². The molecule has 1 saturated carbocycles. The van der Waals surface area contributed by atoms with Gasteiger partial charge in [0.05, 0.1) is 10.9 Å². The molecule has 1 amide bonds. The Morgan fingerprint density at radius 3 is 2.68 bits per heavy atom. The molecule has 0 unspecified atom stereocenters. The summed E-state index contributed by atoms with van der Waals surface area (Å²) in [6.45, 7) is 0. The molecule has 28 heavy (non-hydrogen) atoms. The van der Waals surface area contributed by atoms with Gasteiger partial charge in [-0.15, -0.1) is 0 Å². The molecule has 1 heterocycles. The molecular weight excluding hydrogens is 364 g/mol. The van der Waals surface area contributed by atoms with Crippen LogP contribution in [0.15, 0.2) is 47.3 Å². The van der Waals surface area contributed by atoms with Crippen molar-refractivity contribution in [3.63, 3.8) is 0 Å². The van der Waals surface area contributed by atoms with Crippen molar-refractivity contribution in [2.24, 2.45) is 5.92 Å². The predicted octanol–water partition coefficient (Wildman–Crippen LogP) is 3.33. The Kier molecular flexibility index (Phi) is 4.90. The number of aromatic nitrogens is 2. The number of amides is 1. The molecule has 0 radical (unpaired) electrons. The first-order valence-electron chi connectivity index (χ1n) is 9.25. The van der Waals surface area contributed by atoms with Crippen LogP contribution < -0.4 is 11.0 Å². The van der Waals surface area contributed by atoms with Gasteiger partial charge in [-0.2, -0.15) is 0 Å². The minimum Gasteiger partial charge on any atom is -0.273 e. The minimum atomic E-state index is -0.464. The third kappa shape index (κ3) is 4.08. The monoisotopic (exact) mass is 383 g/mol. The summed E-state index contributed by atoms with van der Waals surface area (Å²) in [7, 11) is 0. The zero-order valence-corrected chi connectivity index (χ0v) is 15.1. The van der Waals surface area contributed by atoms with Gasteiger partial charge in [-0.05, 0) is 55.0 Å². The zero-order chi connectivity index (χ0) is 19.7. The smallest absolute Gasteiger partial charge is 0.273 e. The Balaban J connectivity index is 1.59. The normalized spacial score (nSPS) is 13.6. The average Bonchev–Trinajstić information content (AvgIpc) is 3.47. The van der Waals surface area contributed by atoms with Crippen LogP contribution in [-0.2, 0) is 17.6 Å². The van der Waals surface area contributed by atoms with E-state index >= 15 is 0 Å². The van der Waals surface area contributed by atoms with Gasteiger partial charge in [0.2, 0.25) is 5.91 Å². The SMILES string of the molecule is O=C(CCc1cccc(F)c1)Nn1c(CC2CC2)nc2cc(F)ccc2c1=O. The van der Waals surface area contributed by atoms with Crippen molar-refractivity contribution in [3.05, 3.63) is 75.8 Å². The summed E-state index contributed by atoms with van der Waals surface area (Å²) in [6, 6.07) is 9.85. The van der Waals surface area contributed by atoms with Gasteiger partial charge in [0, 0.05) is 18.9 Å².